The summed E-state index contributed by atoms with van der Waals surface area (Å²) in [6.45, 7) is 4.71. The van der Waals surface area contributed by atoms with E-state index in [1.54, 1.807) is 0 Å². The van der Waals surface area contributed by atoms with E-state index in [2.05, 4.69) is 266 Å². The molecular formula is C70H48N2O2. The number of benzene rings is 11. The Labute approximate surface area is 429 Å². The van der Waals surface area contributed by atoms with Crippen LogP contribution in [-0.4, -0.2) is 0 Å². The van der Waals surface area contributed by atoms with Crippen molar-refractivity contribution >= 4 is 78.0 Å². The van der Waals surface area contributed by atoms with Gasteiger partial charge in [-0.2, -0.15) is 0 Å². The van der Waals surface area contributed by atoms with Crippen LogP contribution < -0.4 is 9.80 Å². The lowest BCUT2D eigenvalue weighted by Crippen LogP contribution is -2.28. The van der Waals surface area contributed by atoms with E-state index in [0.717, 1.165) is 78.0 Å². The zero-order valence-electron chi connectivity index (χ0n) is 41.0. The third kappa shape index (κ3) is 6.03. The molecule has 11 aromatic carbocycles. The van der Waals surface area contributed by atoms with Crippen LogP contribution in [0.4, 0.5) is 34.1 Å². The first-order chi connectivity index (χ1) is 36.5. The average molecular weight is 949 g/mol. The van der Waals surface area contributed by atoms with Crippen LogP contribution in [0, 0.1) is 0 Å². The quantitative estimate of drug-likeness (QED) is 0.152. The highest BCUT2D eigenvalue weighted by Gasteiger charge is 2.47. The molecular weight excluding hydrogens is 901 g/mol. The first-order valence-corrected chi connectivity index (χ1v) is 25.6. The molecule has 13 aromatic rings. The summed E-state index contributed by atoms with van der Waals surface area (Å²) in [6, 6.07) is 92.9. The summed E-state index contributed by atoms with van der Waals surface area (Å²) in [6.07, 6.45) is 0. The Morgan fingerprint density at radius 2 is 0.811 bits per heavy atom. The first-order valence-electron chi connectivity index (χ1n) is 25.6. The highest BCUT2D eigenvalue weighted by molar-refractivity contribution is 6.14. The van der Waals surface area contributed by atoms with Gasteiger partial charge in [-0.15, -0.1) is 0 Å². The van der Waals surface area contributed by atoms with Crippen molar-refractivity contribution in [2.45, 2.75) is 24.7 Å². The molecule has 0 aliphatic heterocycles. The summed E-state index contributed by atoms with van der Waals surface area (Å²) in [4.78, 5) is 4.89. The normalized spacial score (nSPS) is 13.8. The Morgan fingerprint density at radius 1 is 0.311 bits per heavy atom. The SMILES string of the molecule is CC1(C)c2ccccc2-c2ccc(N(c3cccc(N(c4ccc5c(c4)oc4ccccc45)c4cccc5c4-c4ccccc4C5(c4ccccc4)c4ccccc4)c3)c3cccc4oc5ccccc5c34)cc21. The van der Waals surface area contributed by atoms with Crippen LogP contribution in [0.15, 0.2) is 264 Å². The van der Waals surface area contributed by atoms with Crippen molar-refractivity contribution < 1.29 is 8.83 Å². The Kier molecular flexibility index (Phi) is 9.19. The zero-order valence-corrected chi connectivity index (χ0v) is 41.0. The van der Waals surface area contributed by atoms with Crippen molar-refractivity contribution in [2.24, 2.45) is 0 Å². The Balaban J connectivity index is 1.00. The van der Waals surface area contributed by atoms with Gasteiger partial charge in [0.05, 0.1) is 22.2 Å². The van der Waals surface area contributed by atoms with E-state index in [9.17, 15) is 0 Å². The van der Waals surface area contributed by atoms with E-state index in [0.29, 0.717) is 0 Å². The van der Waals surface area contributed by atoms with Gasteiger partial charge in [0.25, 0.3) is 0 Å². The summed E-state index contributed by atoms with van der Waals surface area (Å²) in [7, 11) is 0. The lowest BCUT2D eigenvalue weighted by molar-refractivity contribution is 0.660. The molecule has 0 atom stereocenters. The van der Waals surface area contributed by atoms with Crippen molar-refractivity contribution in [2.75, 3.05) is 9.80 Å². The van der Waals surface area contributed by atoms with Crippen molar-refractivity contribution in [3.05, 3.63) is 288 Å². The second-order valence-corrected chi connectivity index (χ2v) is 20.3. The number of anilines is 6. The number of nitrogens with zero attached hydrogens (tertiary/aromatic N) is 2. The molecule has 0 saturated heterocycles. The molecule has 2 aliphatic rings. The van der Waals surface area contributed by atoms with Crippen molar-refractivity contribution in [3.63, 3.8) is 0 Å². The summed E-state index contributed by atoms with van der Waals surface area (Å²) in [5.74, 6) is 0. The van der Waals surface area contributed by atoms with Gasteiger partial charge in [-0.05, 0) is 123 Å². The molecule has 0 unspecified atom stereocenters. The predicted molar refractivity (Wildman–Crippen MR) is 305 cm³/mol. The molecule has 0 spiro atoms. The third-order valence-electron chi connectivity index (χ3n) is 16.1. The average Bonchev–Trinajstić information content (AvgIpc) is 4.17. The van der Waals surface area contributed by atoms with Gasteiger partial charge in [-0.25, -0.2) is 0 Å². The van der Waals surface area contributed by atoms with Crippen LogP contribution in [0.2, 0.25) is 0 Å². The molecule has 0 amide bonds. The zero-order chi connectivity index (χ0) is 49.1. The minimum Gasteiger partial charge on any atom is -0.456 e. The van der Waals surface area contributed by atoms with E-state index in [1.165, 1.54) is 55.6 Å². The molecule has 4 nitrogen and oxygen atoms in total. The lowest BCUT2D eigenvalue weighted by atomic mass is 9.68. The summed E-state index contributed by atoms with van der Waals surface area (Å²) in [5.41, 5.74) is 21.4. The minimum absolute atomic E-state index is 0.200. The fourth-order valence-electron chi connectivity index (χ4n) is 12.9. The standard InChI is InChI=1S/C70H48N2O2/c1-69(2)57-30-13-9-26-51(57)52-40-38-49(43-60(52)69)71(62-34-19-37-65-68(62)56-29-12-16-36-64(56)73-65)47-24-17-25-48(42-47)72(50-39-41-54-53-27-11-15-35-63(53)74-66(54)44-50)61-33-18-32-59-67(61)55-28-10-14-31-58(55)70(59,45-20-5-3-6-21-45)46-22-7-4-8-23-46/h3-44H,1-2H3. The van der Waals surface area contributed by atoms with E-state index in [-0.39, 0.29) is 5.41 Å². The Morgan fingerprint density at radius 3 is 1.58 bits per heavy atom. The van der Waals surface area contributed by atoms with Gasteiger partial charge in [-0.3, -0.25) is 0 Å². The summed E-state index contributed by atoms with van der Waals surface area (Å²) in [5, 5.41) is 4.33. The Bertz CT molecular complexity index is 4330. The molecule has 0 radical (unpaired) electrons. The van der Waals surface area contributed by atoms with Gasteiger partial charge >= 0.3 is 0 Å². The second-order valence-electron chi connectivity index (χ2n) is 20.3. The van der Waals surface area contributed by atoms with Gasteiger partial charge in [0.15, 0.2) is 0 Å². The molecule has 2 aliphatic carbocycles. The molecule has 0 bridgehead atoms. The number of rotatable bonds is 8. The van der Waals surface area contributed by atoms with Gasteiger partial charge in [0.1, 0.15) is 22.3 Å². The van der Waals surface area contributed by atoms with Gasteiger partial charge in [-0.1, -0.05) is 190 Å². The predicted octanol–water partition coefficient (Wildman–Crippen LogP) is 19.1. The molecule has 2 heterocycles. The minimum atomic E-state index is -0.579. The van der Waals surface area contributed by atoms with Gasteiger partial charge in [0, 0.05) is 56.0 Å². The fourth-order valence-corrected chi connectivity index (χ4v) is 12.9. The maximum absolute atomic E-state index is 6.69. The maximum atomic E-state index is 6.69. The van der Waals surface area contributed by atoms with E-state index < -0.39 is 5.41 Å². The monoisotopic (exact) mass is 948 g/mol. The van der Waals surface area contributed by atoms with Gasteiger partial charge < -0.3 is 18.6 Å². The van der Waals surface area contributed by atoms with Crippen molar-refractivity contribution in [1.29, 1.82) is 0 Å². The molecule has 74 heavy (non-hydrogen) atoms. The molecule has 2 aromatic heterocycles. The van der Waals surface area contributed by atoms with Crippen LogP contribution in [-0.2, 0) is 10.8 Å². The third-order valence-corrected chi connectivity index (χ3v) is 16.1. The van der Waals surface area contributed by atoms with Crippen LogP contribution in [0.5, 0.6) is 0 Å². The highest BCUT2D eigenvalue weighted by Crippen LogP contribution is 2.60. The molecule has 350 valence electrons. The number of fused-ring (bicyclic) bond motifs is 12. The van der Waals surface area contributed by atoms with Crippen LogP contribution in [0.25, 0.3) is 66.1 Å². The molecule has 4 heteroatoms. The maximum Gasteiger partial charge on any atom is 0.137 e. The van der Waals surface area contributed by atoms with E-state index >= 15 is 0 Å². The van der Waals surface area contributed by atoms with E-state index in [1.807, 2.05) is 12.1 Å². The molecule has 0 fully saturated rings. The molecule has 0 saturated carbocycles. The Hall–Kier alpha value is -9.38. The highest BCUT2D eigenvalue weighted by atomic mass is 16.3. The van der Waals surface area contributed by atoms with Crippen LogP contribution >= 0.6 is 0 Å². The topological polar surface area (TPSA) is 32.8 Å². The van der Waals surface area contributed by atoms with Crippen LogP contribution in [0.3, 0.4) is 0 Å². The molecule has 15 rings (SSSR count). The number of hydrogen-bond acceptors (Lipinski definition) is 4. The number of hydrogen-bond donors (Lipinski definition) is 0. The first kappa shape index (κ1) is 42.3. The van der Waals surface area contributed by atoms with Crippen molar-refractivity contribution in [1.82, 2.24) is 0 Å². The fraction of sp³-hybridized carbons (Fsp3) is 0.0571. The summed E-state index contributed by atoms with van der Waals surface area (Å²) < 4.78 is 13.3. The number of furan rings is 2. The largest absolute Gasteiger partial charge is 0.456 e. The lowest BCUT2D eigenvalue weighted by Gasteiger charge is -2.34. The van der Waals surface area contributed by atoms with Crippen LogP contribution in [0.1, 0.15) is 47.2 Å². The molecule has 0 N–H and O–H groups in total. The smallest absolute Gasteiger partial charge is 0.137 e. The van der Waals surface area contributed by atoms with E-state index in [4.69, 9.17) is 8.83 Å². The van der Waals surface area contributed by atoms with Crippen molar-refractivity contribution in [3.8, 4) is 22.3 Å². The van der Waals surface area contributed by atoms with Gasteiger partial charge in [0.2, 0.25) is 0 Å². The summed E-state index contributed by atoms with van der Waals surface area (Å²) >= 11 is 0. The number of para-hydroxylation sites is 2. The second kappa shape index (κ2) is 16.1.